The highest BCUT2D eigenvalue weighted by Gasteiger charge is 2.16. The number of fused-ring (bicyclic) bond motifs is 1. The molecule has 1 aromatic heterocycles. The lowest BCUT2D eigenvalue weighted by Crippen LogP contribution is -2.27. The first-order chi connectivity index (χ1) is 9.70. The third kappa shape index (κ3) is 4.06. The Kier molecular flexibility index (Phi) is 5.57. The zero-order chi connectivity index (χ0) is 14.4. The van der Waals surface area contributed by atoms with E-state index >= 15 is 0 Å². The highest BCUT2D eigenvalue weighted by molar-refractivity contribution is 5.75. The van der Waals surface area contributed by atoms with Crippen molar-refractivity contribution < 1.29 is 4.79 Å². The van der Waals surface area contributed by atoms with Crippen molar-refractivity contribution in [1.29, 1.82) is 0 Å². The van der Waals surface area contributed by atoms with Crippen LogP contribution in [0.15, 0.2) is 18.3 Å². The molecule has 0 N–H and O–H groups in total. The predicted octanol–water partition coefficient (Wildman–Crippen LogP) is 3.57. The lowest BCUT2D eigenvalue weighted by Gasteiger charge is -2.22. The van der Waals surface area contributed by atoms with Gasteiger partial charge in [-0.05, 0) is 36.8 Å². The van der Waals surface area contributed by atoms with Gasteiger partial charge in [-0.25, -0.2) is 0 Å². The molecule has 0 saturated heterocycles. The van der Waals surface area contributed by atoms with E-state index in [1.54, 1.807) is 0 Å². The van der Waals surface area contributed by atoms with Crippen molar-refractivity contribution in [3.05, 3.63) is 29.6 Å². The molecule has 0 aliphatic carbocycles. The molecule has 0 bridgehead atoms. The first kappa shape index (κ1) is 15.0. The second-order valence-corrected chi connectivity index (χ2v) is 5.92. The molecule has 1 aliphatic heterocycles. The molecule has 1 aromatic rings. The molecule has 0 fully saturated rings. The normalized spacial score (nSPS) is 21.8. The molecule has 110 valence electrons. The van der Waals surface area contributed by atoms with Crippen molar-refractivity contribution >= 4 is 5.91 Å². The van der Waals surface area contributed by atoms with Crippen molar-refractivity contribution in [1.82, 2.24) is 9.88 Å². The first-order valence-electron chi connectivity index (χ1n) is 7.87. The van der Waals surface area contributed by atoms with Crippen molar-refractivity contribution in [3.63, 3.8) is 0 Å². The monoisotopic (exact) mass is 274 g/mol. The van der Waals surface area contributed by atoms with Gasteiger partial charge in [-0.2, -0.15) is 0 Å². The maximum absolute atomic E-state index is 12.2. The number of aryl methyl sites for hydroxylation is 1. The number of hydrogen-bond acceptors (Lipinski definition) is 2. The summed E-state index contributed by atoms with van der Waals surface area (Å²) < 4.78 is 0. The zero-order valence-electron chi connectivity index (χ0n) is 12.8. The van der Waals surface area contributed by atoms with Crippen LogP contribution in [0.2, 0.25) is 0 Å². The summed E-state index contributed by atoms with van der Waals surface area (Å²) in [6.45, 7) is 2.93. The SMILES string of the molecule is CCC1CCCCc2ncccc2CN(C)C(=O)CC1. The van der Waals surface area contributed by atoms with Gasteiger partial charge in [0.2, 0.25) is 5.91 Å². The standard InChI is InChI=1S/C17H26N2O/c1-3-14-7-4-5-9-16-15(8-6-12-18-16)13-19(2)17(20)11-10-14/h6,8,12,14H,3-5,7,9-11,13H2,1-2H3. The minimum atomic E-state index is 0.263. The average molecular weight is 274 g/mol. The highest BCUT2D eigenvalue weighted by Crippen LogP contribution is 2.22. The van der Waals surface area contributed by atoms with Gasteiger partial charge < -0.3 is 4.90 Å². The number of nitrogens with zero attached hydrogens (tertiary/aromatic N) is 2. The zero-order valence-corrected chi connectivity index (χ0v) is 12.8. The molecule has 0 spiro atoms. The van der Waals surface area contributed by atoms with Crippen LogP contribution in [0.4, 0.5) is 0 Å². The van der Waals surface area contributed by atoms with E-state index in [4.69, 9.17) is 0 Å². The minimum Gasteiger partial charge on any atom is -0.341 e. The van der Waals surface area contributed by atoms with Gasteiger partial charge in [0.05, 0.1) is 0 Å². The van der Waals surface area contributed by atoms with E-state index in [1.807, 2.05) is 24.2 Å². The van der Waals surface area contributed by atoms with Crippen LogP contribution in [0.3, 0.4) is 0 Å². The Labute approximate surface area is 122 Å². The molecule has 0 radical (unpaired) electrons. The third-order valence-corrected chi connectivity index (χ3v) is 4.44. The van der Waals surface area contributed by atoms with Crippen molar-refractivity contribution in [2.75, 3.05) is 7.05 Å². The fourth-order valence-corrected chi connectivity index (χ4v) is 2.98. The predicted molar refractivity (Wildman–Crippen MR) is 81.3 cm³/mol. The van der Waals surface area contributed by atoms with Gasteiger partial charge in [-0.1, -0.05) is 32.3 Å². The number of pyridine rings is 1. The fraction of sp³-hybridized carbons (Fsp3) is 0.647. The van der Waals surface area contributed by atoms with Gasteiger partial charge in [-0.15, -0.1) is 0 Å². The van der Waals surface area contributed by atoms with Gasteiger partial charge in [0.15, 0.2) is 0 Å². The molecule has 20 heavy (non-hydrogen) atoms. The number of carbonyl (C=O) groups is 1. The lowest BCUT2D eigenvalue weighted by molar-refractivity contribution is -0.130. The molecular formula is C17H26N2O. The Morgan fingerprint density at radius 1 is 1.30 bits per heavy atom. The van der Waals surface area contributed by atoms with Crippen molar-refractivity contribution in [2.24, 2.45) is 5.92 Å². The smallest absolute Gasteiger partial charge is 0.222 e. The van der Waals surface area contributed by atoms with Crippen LogP contribution in [-0.4, -0.2) is 22.8 Å². The second-order valence-electron chi connectivity index (χ2n) is 5.92. The molecule has 0 saturated carbocycles. The Morgan fingerprint density at radius 2 is 2.15 bits per heavy atom. The molecule has 0 aromatic carbocycles. The fourth-order valence-electron chi connectivity index (χ4n) is 2.98. The Morgan fingerprint density at radius 3 is 2.95 bits per heavy atom. The Balaban J connectivity index is 2.13. The molecule has 2 rings (SSSR count). The lowest BCUT2D eigenvalue weighted by atomic mass is 9.92. The molecule has 3 heteroatoms. The van der Waals surface area contributed by atoms with Crippen LogP contribution in [0.1, 0.15) is 56.7 Å². The topological polar surface area (TPSA) is 33.2 Å². The van der Waals surface area contributed by atoms with E-state index in [9.17, 15) is 4.79 Å². The first-order valence-corrected chi connectivity index (χ1v) is 7.87. The summed E-state index contributed by atoms with van der Waals surface area (Å²) in [4.78, 5) is 18.6. The molecule has 1 amide bonds. The summed E-state index contributed by atoms with van der Waals surface area (Å²) in [5, 5.41) is 0. The van der Waals surface area contributed by atoms with E-state index < -0.39 is 0 Å². The van der Waals surface area contributed by atoms with E-state index in [0.717, 1.165) is 12.8 Å². The molecular weight excluding hydrogens is 248 g/mol. The summed E-state index contributed by atoms with van der Waals surface area (Å²) in [7, 11) is 1.91. The quantitative estimate of drug-likeness (QED) is 0.784. The Bertz CT molecular complexity index is 444. The molecule has 1 aliphatic rings. The number of rotatable bonds is 1. The minimum absolute atomic E-state index is 0.263. The maximum atomic E-state index is 12.2. The average Bonchev–Trinajstić information content (AvgIpc) is 2.46. The Hall–Kier alpha value is -1.38. The number of aromatic nitrogens is 1. The van der Waals surface area contributed by atoms with Gasteiger partial charge in [0.1, 0.15) is 0 Å². The number of carbonyl (C=O) groups excluding carboxylic acids is 1. The van der Waals surface area contributed by atoms with Gasteiger partial charge >= 0.3 is 0 Å². The van der Waals surface area contributed by atoms with E-state index in [2.05, 4.69) is 18.0 Å². The maximum Gasteiger partial charge on any atom is 0.222 e. The molecule has 1 atom stereocenters. The summed E-state index contributed by atoms with van der Waals surface area (Å²) in [6, 6.07) is 4.07. The summed E-state index contributed by atoms with van der Waals surface area (Å²) in [5.41, 5.74) is 2.37. The van der Waals surface area contributed by atoms with Crippen molar-refractivity contribution in [2.45, 2.75) is 58.4 Å². The highest BCUT2D eigenvalue weighted by atomic mass is 16.2. The van der Waals surface area contributed by atoms with Crippen LogP contribution in [0, 0.1) is 5.92 Å². The van der Waals surface area contributed by atoms with E-state index in [-0.39, 0.29) is 5.91 Å². The second kappa shape index (κ2) is 7.41. The van der Waals surface area contributed by atoms with Gasteiger partial charge in [0, 0.05) is 31.9 Å². The third-order valence-electron chi connectivity index (χ3n) is 4.44. The number of hydrogen-bond donors (Lipinski definition) is 0. The van der Waals surface area contributed by atoms with Crippen LogP contribution >= 0.6 is 0 Å². The van der Waals surface area contributed by atoms with Crippen LogP contribution < -0.4 is 0 Å². The van der Waals surface area contributed by atoms with Crippen LogP contribution in [0.25, 0.3) is 0 Å². The van der Waals surface area contributed by atoms with Gasteiger partial charge in [0.25, 0.3) is 0 Å². The summed E-state index contributed by atoms with van der Waals surface area (Å²) in [6.07, 6.45) is 9.51. The van der Waals surface area contributed by atoms with Crippen LogP contribution in [-0.2, 0) is 17.8 Å². The number of amides is 1. The van der Waals surface area contributed by atoms with Gasteiger partial charge in [-0.3, -0.25) is 9.78 Å². The van der Waals surface area contributed by atoms with E-state index in [0.29, 0.717) is 18.9 Å². The summed E-state index contributed by atoms with van der Waals surface area (Å²) >= 11 is 0. The van der Waals surface area contributed by atoms with Crippen molar-refractivity contribution in [3.8, 4) is 0 Å². The molecule has 1 unspecified atom stereocenters. The van der Waals surface area contributed by atoms with E-state index in [1.165, 1.54) is 36.9 Å². The molecule has 3 nitrogen and oxygen atoms in total. The largest absolute Gasteiger partial charge is 0.341 e. The van der Waals surface area contributed by atoms with Crippen LogP contribution in [0.5, 0.6) is 0 Å². The summed E-state index contributed by atoms with van der Waals surface area (Å²) in [5.74, 6) is 0.966. The molecule has 2 heterocycles.